The molecule has 0 amide bonds. The quantitative estimate of drug-likeness (QED) is 0.897. The van der Waals surface area contributed by atoms with Crippen LogP contribution in [0.15, 0.2) is 17.0 Å². The highest BCUT2D eigenvalue weighted by atomic mass is 35.5. The highest BCUT2D eigenvalue weighted by Crippen LogP contribution is 2.49. The number of halogens is 1. The molecule has 2 saturated carbocycles. The monoisotopic (exact) mass is 341 g/mol. The van der Waals surface area contributed by atoms with E-state index in [0.29, 0.717) is 27.3 Å². The van der Waals surface area contributed by atoms with Gasteiger partial charge >= 0.3 is 0 Å². The Kier molecular flexibility index (Phi) is 4.30. The zero-order chi connectivity index (χ0) is 16.1. The minimum atomic E-state index is -3.49. The van der Waals surface area contributed by atoms with E-state index in [9.17, 15) is 8.42 Å². The molecule has 2 bridgehead atoms. The fourth-order valence-electron chi connectivity index (χ4n) is 4.35. The summed E-state index contributed by atoms with van der Waals surface area (Å²) < 4.78 is 28.4. The SMILES string of the molecule is Cc1cc(S(=O)(=O)NC(C)C2CC3CCC2C3)c(C)cc1Cl. The molecule has 1 aromatic carbocycles. The van der Waals surface area contributed by atoms with E-state index < -0.39 is 10.0 Å². The van der Waals surface area contributed by atoms with Gasteiger partial charge in [-0.05, 0) is 81.0 Å². The Labute approximate surface area is 138 Å². The van der Waals surface area contributed by atoms with Gasteiger partial charge in [0.05, 0.1) is 4.90 Å². The van der Waals surface area contributed by atoms with Crippen LogP contribution in [0.2, 0.25) is 5.02 Å². The van der Waals surface area contributed by atoms with E-state index in [1.54, 1.807) is 19.1 Å². The van der Waals surface area contributed by atoms with E-state index in [2.05, 4.69) is 4.72 Å². The van der Waals surface area contributed by atoms with Gasteiger partial charge in [-0.2, -0.15) is 0 Å². The second-order valence-corrected chi connectivity index (χ2v) is 9.21. The first-order chi connectivity index (χ1) is 10.3. The molecule has 5 heteroatoms. The van der Waals surface area contributed by atoms with Crippen molar-refractivity contribution < 1.29 is 8.42 Å². The molecule has 1 aromatic rings. The van der Waals surface area contributed by atoms with Crippen molar-refractivity contribution in [3.63, 3.8) is 0 Å². The molecular weight excluding hydrogens is 318 g/mol. The van der Waals surface area contributed by atoms with E-state index in [1.807, 2.05) is 13.8 Å². The van der Waals surface area contributed by atoms with Crippen LogP contribution in [0, 0.1) is 31.6 Å². The zero-order valence-corrected chi connectivity index (χ0v) is 15.0. The van der Waals surface area contributed by atoms with Crippen LogP contribution in [0.3, 0.4) is 0 Å². The lowest BCUT2D eigenvalue weighted by Crippen LogP contribution is -2.40. The molecule has 2 aliphatic carbocycles. The Bertz CT molecular complexity index is 686. The van der Waals surface area contributed by atoms with Crippen LogP contribution in [-0.4, -0.2) is 14.5 Å². The number of sulfonamides is 1. The second-order valence-electron chi connectivity index (χ2n) is 7.12. The van der Waals surface area contributed by atoms with Gasteiger partial charge in [0.15, 0.2) is 0 Å². The zero-order valence-electron chi connectivity index (χ0n) is 13.4. The summed E-state index contributed by atoms with van der Waals surface area (Å²) in [5, 5.41) is 0.609. The standard InChI is InChI=1S/C17H24ClNO2S/c1-10-7-17(11(2)6-16(10)18)22(20,21)19-12(3)15-9-13-4-5-14(15)8-13/h6-7,12-15,19H,4-5,8-9H2,1-3H3. The van der Waals surface area contributed by atoms with Crippen molar-refractivity contribution in [2.45, 2.75) is 57.4 Å². The predicted octanol–water partition coefficient (Wildman–Crippen LogP) is 4.06. The summed E-state index contributed by atoms with van der Waals surface area (Å²) in [5.41, 5.74) is 1.49. The molecule has 3 rings (SSSR count). The molecule has 122 valence electrons. The number of aryl methyl sites for hydroxylation is 2. The van der Waals surface area contributed by atoms with Crippen molar-refractivity contribution in [2.75, 3.05) is 0 Å². The summed E-state index contributed by atoms with van der Waals surface area (Å²) in [6, 6.07) is 3.40. The summed E-state index contributed by atoms with van der Waals surface area (Å²) in [4.78, 5) is 0.351. The molecule has 2 aliphatic rings. The molecule has 2 fully saturated rings. The van der Waals surface area contributed by atoms with Crippen molar-refractivity contribution in [1.29, 1.82) is 0 Å². The van der Waals surface area contributed by atoms with Gasteiger partial charge in [-0.25, -0.2) is 13.1 Å². The Morgan fingerprint density at radius 1 is 1.18 bits per heavy atom. The molecule has 0 saturated heterocycles. The molecule has 0 aliphatic heterocycles. The number of hydrogen-bond acceptors (Lipinski definition) is 2. The molecule has 22 heavy (non-hydrogen) atoms. The van der Waals surface area contributed by atoms with Crippen LogP contribution in [0.25, 0.3) is 0 Å². The molecule has 0 heterocycles. The van der Waals surface area contributed by atoms with Gasteiger partial charge < -0.3 is 0 Å². The predicted molar refractivity (Wildman–Crippen MR) is 89.6 cm³/mol. The Balaban J connectivity index is 1.80. The number of nitrogens with one attached hydrogen (secondary N) is 1. The van der Waals surface area contributed by atoms with Gasteiger partial charge in [0, 0.05) is 11.1 Å². The van der Waals surface area contributed by atoms with Crippen molar-refractivity contribution >= 4 is 21.6 Å². The molecule has 3 nitrogen and oxygen atoms in total. The van der Waals surface area contributed by atoms with Gasteiger partial charge in [0.1, 0.15) is 0 Å². The average Bonchev–Trinajstić information content (AvgIpc) is 3.04. The van der Waals surface area contributed by atoms with Gasteiger partial charge in [0.2, 0.25) is 10.0 Å². The summed E-state index contributed by atoms with van der Waals surface area (Å²) in [5.74, 6) is 2.01. The molecule has 0 radical (unpaired) electrons. The van der Waals surface area contributed by atoms with E-state index >= 15 is 0 Å². The molecule has 0 spiro atoms. The third-order valence-electron chi connectivity index (χ3n) is 5.52. The first-order valence-corrected chi connectivity index (χ1v) is 9.93. The smallest absolute Gasteiger partial charge is 0.208 e. The molecular formula is C17H24ClNO2S. The van der Waals surface area contributed by atoms with E-state index in [-0.39, 0.29) is 6.04 Å². The minimum absolute atomic E-state index is 0.00400. The van der Waals surface area contributed by atoms with Crippen molar-refractivity contribution in [3.8, 4) is 0 Å². The fourth-order valence-corrected chi connectivity index (χ4v) is 6.17. The topological polar surface area (TPSA) is 46.2 Å². The number of benzene rings is 1. The van der Waals surface area contributed by atoms with E-state index in [1.165, 1.54) is 25.7 Å². The lowest BCUT2D eigenvalue weighted by Gasteiger charge is -2.28. The normalized spacial score (nSPS) is 29.0. The maximum absolute atomic E-state index is 12.7. The molecule has 4 atom stereocenters. The first-order valence-electron chi connectivity index (χ1n) is 8.07. The van der Waals surface area contributed by atoms with Crippen LogP contribution in [-0.2, 0) is 10.0 Å². The maximum Gasteiger partial charge on any atom is 0.241 e. The molecule has 4 unspecified atom stereocenters. The van der Waals surface area contributed by atoms with Gasteiger partial charge in [-0.3, -0.25) is 0 Å². The largest absolute Gasteiger partial charge is 0.241 e. The van der Waals surface area contributed by atoms with Gasteiger partial charge in [-0.15, -0.1) is 0 Å². The van der Waals surface area contributed by atoms with Crippen LogP contribution in [0.5, 0.6) is 0 Å². The van der Waals surface area contributed by atoms with E-state index in [4.69, 9.17) is 11.6 Å². The summed E-state index contributed by atoms with van der Waals surface area (Å²) in [7, 11) is -3.49. The first kappa shape index (κ1) is 16.3. The van der Waals surface area contributed by atoms with E-state index in [0.717, 1.165) is 11.5 Å². The van der Waals surface area contributed by atoms with Crippen molar-refractivity contribution in [2.24, 2.45) is 17.8 Å². The van der Waals surface area contributed by atoms with Crippen LogP contribution >= 0.6 is 11.6 Å². The van der Waals surface area contributed by atoms with Crippen LogP contribution < -0.4 is 4.72 Å². The third kappa shape index (κ3) is 2.93. The highest BCUT2D eigenvalue weighted by Gasteiger charge is 2.42. The average molecular weight is 342 g/mol. The summed E-state index contributed by atoms with van der Waals surface area (Å²) in [6.45, 7) is 5.64. The number of rotatable bonds is 4. The molecule has 0 aromatic heterocycles. The fraction of sp³-hybridized carbons (Fsp3) is 0.647. The van der Waals surface area contributed by atoms with Gasteiger partial charge in [0.25, 0.3) is 0 Å². The lowest BCUT2D eigenvalue weighted by atomic mass is 9.84. The Morgan fingerprint density at radius 2 is 1.91 bits per heavy atom. The van der Waals surface area contributed by atoms with Crippen LogP contribution in [0.1, 0.15) is 43.7 Å². The number of hydrogen-bond donors (Lipinski definition) is 1. The number of fused-ring (bicyclic) bond motifs is 2. The summed E-state index contributed by atoms with van der Waals surface area (Å²) in [6.07, 6.45) is 5.05. The Morgan fingerprint density at radius 3 is 2.50 bits per heavy atom. The highest BCUT2D eigenvalue weighted by molar-refractivity contribution is 7.89. The second kappa shape index (κ2) is 5.81. The van der Waals surface area contributed by atoms with Crippen LogP contribution in [0.4, 0.5) is 0 Å². The molecule has 1 N–H and O–H groups in total. The minimum Gasteiger partial charge on any atom is -0.208 e. The maximum atomic E-state index is 12.7. The van der Waals surface area contributed by atoms with Gasteiger partial charge in [-0.1, -0.05) is 18.0 Å². The summed E-state index contributed by atoms with van der Waals surface area (Å²) >= 11 is 6.07. The Hall–Kier alpha value is -0.580. The lowest BCUT2D eigenvalue weighted by molar-refractivity contribution is 0.280. The third-order valence-corrected chi connectivity index (χ3v) is 7.63. The van der Waals surface area contributed by atoms with Crippen molar-refractivity contribution in [1.82, 2.24) is 4.72 Å². The van der Waals surface area contributed by atoms with Crippen molar-refractivity contribution in [3.05, 3.63) is 28.3 Å².